The Labute approximate surface area is 111 Å². The molecule has 1 atom stereocenters. The molecule has 0 saturated carbocycles. The summed E-state index contributed by atoms with van der Waals surface area (Å²) in [5.41, 5.74) is 1.32. The number of rotatable bonds is 2. The highest BCUT2D eigenvalue weighted by molar-refractivity contribution is 6.25. The van der Waals surface area contributed by atoms with E-state index in [1.807, 2.05) is 20.8 Å². The molecule has 0 aromatic heterocycles. The Kier molecular flexibility index (Phi) is 3.11. The molecule has 1 aromatic rings. The van der Waals surface area contributed by atoms with E-state index in [4.69, 9.17) is 0 Å². The fourth-order valence-electron chi connectivity index (χ4n) is 2.03. The first-order chi connectivity index (χ1) is 8.35. The molecule has 0 amide bonds. The van der Waals surface area contributed by atoms with Crippen molar-refractivity contribution in [3.63, 3.8) is 0 Å². The lowest BCUT2D eigenvalue weighted by Gasteiger charge is -2.33. The van der Waals surface area contributed by atoms with E-state index in [1.54, 1.807) is 24.3 Å². The molecule has 0 heterocycles. The van der Waals surface area contributed by atoms with Crippen molar-refractivity contribution in [2.75, 3.05) is 0 Å². The van der Waals surface area contributed by atoms with Crippen LogP contribution in [0, 0.1) is 5.41 Å². The number of carbonyl (C=O) groups is 2. The summed E-state index contributed by atoms with van der Waals surface area (Å²) in [6.45, 7) is 5.92. The Morgan fingerprint density at radius 1 is 1.11 bits per heavy atom. The highest BCUT2D eigenvalue weighted by Crippen LogP contribution is 2.40. The molecule has 18 heavy (non-hydrogen) atoms. The molecule has 91 valence electrons. The topological polar surface area (TPSA) is 34.1 Å². The van der Waals surface area contributed by atoms with Gasteiger partial charge in [-0.3, -0.25) is 9.59 Å². The molecule has 0 saturated heterocycles. The lowest BCUT2D eigenvalue weighted by Crippen LogP contribution is -2.29. The largest absolute Gasteiger partial charge is 0.289 e. The van der Waals surface area contributed by atoms with Gasteiger partial charge in [0.25, 0.3) is 0 Å². The SMILES string of the molecule is CC([Si])C(C)(C)C1=CC(=O)c2ccccc2C1=O. The molecule has 0 N–H and O–H groups in total. The summed E-state index contributed by atoms with van der Waals surface area (Å²) in [6.07, 6.45) is 1.49. The molecular weight excluding hydrogens is 240 g/mol. The van der Waals surface area contributed by atoms with E-state index >= 15 is 0 Å². The highest BCUT2D eigenvalue weighted by Gasteiger charge is 2.36. The van der Waals surface area contributed by atoms with E-state index in [0.29, 0.717) is 16.7 Å². The second-order valence-corrected chi connectivity index (χ2v) is 6.11. The van der Waals surface area contributed by atoms with Crippen LogP contribution in [-0.4, -0.2) is 21.8 Å². The maximum absolute atomic E-state index is 12.5. The minimum Gasteiger partial charge on any atom is -0.289 e. The number of hydrogen-bond acceptors (Lipinski definition) is 2. The van der Waals surface area contributed by atoms with Crippen LogP contribution in [-0.2, 0) is 0 Å². The molecule has 1 aliphatic carbocycles. The van der Waals surface area contributed by atoms with Crippen molar-refractivity contribution in [2.45, 2.75) is 26.3 Å². The van der Waals surface area contributed by atoms with Crippen LogP contribution in [0.25, 0.3) is 0 Å². The molecule has 0 bridgehead atoms. The number of allylic oxidation sites excluding steroid dienone is 2. The van der Waals surface area contributed by atoms with Crippen LogP contribution in [0.1, 0.15) is 41.5 Å². The van der Waals surface area contributed by atoms with Crippen LogP contribution >= 0.6 is 0 Å². The van der Waals surface area contributed by atoms with Gasteiger partial charge in [-0.2, -0.15) is 0 Å². The molecule has 1 aromatic carbocycles. The summed E-state index contributed by atoms with van der Waals surface area (Å²) in [6, 6.07) is 6.99. The Morgan fingerprint density at radius 3 is 2.22 bits per heavy atom. The fourth-order valence-corrected chi connectivity index (χ4v) is 2.18. The van der Waals surface area contributed by atoms with Crippen LogP contribution < -0.4 is 0 Å². The zero-order chi connectivity index (χ0) is 13.5. The van der Waals surface area contributed by atoms with Gasteiger partial charge in [0.2, 0.25) is 0 Å². The van der Waals surface area contributed by atoms with Crippen LogP contribution in [0.5, 0.6) is 0 Å². The minimum absolute atomic E-state index is 0.0414. The van der Waals surface area contributed by atoms with Gasteiger partial charge < -0.3 is 0 Å². The Hall–Kier alpha value is -1.48. The smallest absolute Gasteiger partial charge is 0.190 e. The fraction of sp³-hybridized carbons (Fsp3) is 0.333. The van der Waals surface area contributed by atoms with Gasteiger partial charge in [0.05, 0.1) is 0 Å². The molecule has 2 rings (SSSR count). The number of fused-ring (bicyclic) bond motifs is 1. The summed E-state index contributed by atoms with van der Waals surface area (Å²) in [4.78, 5) is 24.5. The molecule has 1 aliphatic rings. The van der Waals surface area contributed by atoms with Gasteiger partial charge in [-0.1, -0.05) is 45.0 Å². The van der Waals surface area contributed by atoms with Crippen molar-refractivity contribution in [1.82, 2.24) is 0 Å². The summed E-state index contributed by atoms with van der Waals surface area (Å²) in [7, 11) is 3.57. The maximum atomic E-state index is 12.5. The van der Waals surface area contributed by atoms with Gasteiger partial charge in [-0.25, -0.2) is 0 Å². The number of benzene rings is 1. The third kappa shape index (κ3) is 1.88. The molecule has 0 spiro atoms. The van der Waals surface area contributed by atoms with Crippen molar-refractivity contribution in [1.29, 1.82) is 0 Å². The third-order valence-electron chi connectivity index (χ3n) is 3.73. The Bertz CT molecular complexity index is 553. The van der Waals surface area contributed by atoms with Crippen molar-refractivity contribution in [3.05, 3.63) is 47.0 Å². The zero-order valence-electron chi connectivity index (χ0n) is 10.8. The monoisotopic (exact) mass is 255 g/mol. The van der Waals surface area contributed by atoms with E-state index in [0.717, 1.165) is 0 Å². The van der Waals surface area contributed by atoms with Crippen molar-refractivity contribution in [2.24, 2.45) is 5.41 Å². The number of carbonyl (C=O) groups excluding carboxylic acids is 2. The van der Waals surface area contributed by atoms with E-state index in [1.165, 1.54) is 6.08 Å². The van der Waals surface area contributed by atoms with E-state index in [9.17, 15) is 9.59 Å². The minimum atomic E-state index is -0.378. The molecule has 0 aliphatic heterocycles. The number of hydrogen-bond donors (Lipinski definition) is 0. The second-order valence-electron chi connectivity index (χ2n) is 5.24. The van der Waals surface area contributed by atoms with E-state index in [2.05, 4.69) is 10.2 Å². The number of Topliss-reactive ketones (excluding diaryl/α,β-unsaturated/α-hetero) is 1. The van der Waals surface area contributed by atoms with Gasteiger partial charge in [0.1, 0.15) is 0 Å². The lowest BCUT2D eigenvalue weighted by atomic mass is 9.74. The van der Waals surface area contributed by atoms with E-state index < -0.39 is 0 Å². The number of ketones is 2. The van der Waals surface area contributed by atoms with Gasteiger partial charge in [0.15, 0.2) is 11.6 Å². The lowest BCUT2D eigenvalue weighted by molar-refractivity contribution is 0.0963. The van der Waals surface area contributed by atoms with Crippen molar-refractivity contribution < 1.29 is 9.59 Å². The molecular formula is C15H15O2Si. The summed E-state index contributed by atoms with van der Waals surface area (Å²) in [5.74, 6) is -0.124. The summed E-state index contributed by atoms with van der Waals surface area (Å²) in [5, 5.41) is 0. The van der Waals surface area contributed by atoms with E-state index in [-0.39, 0.29) is 22.5 Å². The molecule has 1 unspecified atom stereocenters. The quantitative estimate of drug-likeness (QED) is 0.761. The average molecular weight is 255 g/mol. The predicted molar refractivity (Wildman–Crippen MR) is 72.1 cm³/mol. The first kappa shape index (κ1) is 13.0. The molecule has 2 nitrogen and oxygen atoms in total. The third-order valence-corrected chi connectivity index (χ3v) is 4.46. The predicted octanol–water partition coefficient (Wildman–Crippen LogP) is 3.00. The summed E-state index contributed by atoms with van der Waals surface area (Å²) < 4.78 is 0. The van der Waals surface area contributed by atoms with Crippen LogP contribution in [0.2, 0.25) is 5.54 Å². The highest BCUT2D eigenvalue weighted by atomic mass is 28.1. The van der Waals surface area contributed by atoms with Crippen molar-refractivity contribution >= 4 is 21.8 Å². The van der Waals surface area contributed by atoms with Gasteiger partial charge in [-0.05, 0) is 17.0 Å². The van der Waals surface area contributed by atoms with Gasteiger partial charge in [0, 0.05) is 26.9 Å². The average Bonchev–Trinajstić information content (AvgIpc) is 2.33. The maximum Gasteiger partial charge on any atom is 0.190 e. The second kappa shape index (κ2) is 4.32. The molecule has 0 fully saturated rings. The van der Waals surface area contributed by atoms with Crippen molar-refractivity contribution in [3.8, 4) is 0 Å². The first-order valence-electron chi connectivity index (χ1n) is 5.97. The zero-order valence-corrected chi connectivity index (χ0v) is 11.8. The molecule has 3 heteroatoms. The summed E-state index contributed by atoms with van der Waals surface area (Å²) >= 11 is 0. The Balaban J connectivity index is 2.56. The van der Waals surface area contributed by atoms with Crippen LogP contribution in [0.15, 0.2) is 35.9 Å². The van der Waals surface area contributed by atoms with Gasteiger partial charge >= 0.3 is 0 Å². The first-order valence-corrected chi connectivity index (χ1v) is 6.54. The van der Waals surface area contributed by atoms with Gasteiger partial charge in [-0.15, -0.1) is 0 Å². The van der Waals surface area contributed by atoms with Crippen LogP contribution in [0.3, 0.4) is 0 Å². The Morgan fingerprint density at radius 2 is 1.67 bits per heavy atom. The standard InChI is InChI=1S/C15H15O2Si/c1-9(18)15(2,3)12-8-13(16)10-6-4-5-7-11(10)14(12)17/h4-9H,1-3H3. The van der Waals surface area contributed by atoms with Crippen LogP contribution in [0.4, 0.5) is 0 Å². The normalized spacial score (nSPS) is 17.2. The molecule has 3 radical (unpaired) electrons.